The van der Waals surface area contributed by atoms with Crippen LogP contribution in [-0.2, 0) is 4.79 Å². The Morgan fingerprint density at radius 3 is 2.42 bits per heavy atom. The van der Waals surface area contributed by atoms with Gasteiger partial charge in [-0.1, -0.05) is 0 Å². The van der Waals surface area contributed by atoms with Crippen molar-refractivity contribution in [1.29, 1.82) is 5.26 Å². The molecule has 0 aromatic heterocycles. The van der Waals surface area contributed by atoms with Gasteiger partial charge in [0.2, 0.25) is 5.91 Å². The molecular formula is C14H18N2O3. The number of benzene rings is 1. The summed E-state index contributed by atoms with van der Waals surface area (Å²) < 4.78 is 10.5. The minimum atomic E-state index is -1.10. The third-order valence-corrected chi connectivity index (χ3v) is 2.88. The molecule has 5 nitrogen and oxygen atoms in total. The van der Waals surface area contributed by atoms with Crippen molar-refractivity contribution in [2.75, 3.05) is 19.5 Å². The van der Waals surface area contributed by atoms with Gasteiger partial charge in [0, 0.05) is 5.56 Å². The first-order valence-electron chi connectivity index (χ1n) is 5.81. The van der Waals surface area contributed by atoms with Crippen LogP contribution in [0.5, 0.6) is 11.5 Å². The summed E-state index contributed by atoms with van der Waals surface area (Å²) in [6.07, 6.45) is 0. The quantitative estimate of drug-likeness (QED) is 0.905. The Kier molecular flexibility index (Phi) is 4.38. The standard InChI is InChI=1S/C14H18N2O3/c1-9-11(18-4)7-6-10(12(9)19-5)16-13(17)14(2,3)8-15/h6-7H,1-5H3,(H,16,17). The van der Waals surface area contributed by atoms with Crippen LogP contribution in [0.2, 0.25) is 0 Å². The third-order valence-electron chi connectivity index (χ3n) is 2.88. The van der Waals surface area contributed by atoms with Gasteiger partial charge in [0.25, 0.3) is 0 Å². The molecule has 5 heteroatoms. The van der Waals surface area contributed by atoms with Crippen molar-refractivity contribution in [3.63, 3.8) is 0 Å². The minimum absolute atomic E-state index is 0.377. The predicted octanol–water partition coefficient (Wildman–Crippen LogP) is 2.50. The first kappa shape index (κ1) is 14.8. The largest absolute Gasteiger partial charge is 0.496 e. The van der Waals surface area contributed by atoms with Gasteiger partial charge in [-0.05, 0) is 32.9 Å². The number of nitrogens with zero attached hydrogens (tertiary/aromatic N) is 1. The second-order valence-electron chi connectivity index (χ2n) is 4.66. The van der Waals surface area contributed by atoms with Gasteiger partial charge in [-0.3, -0.25) is 4.79 Å². The molecule has 102 valence electrons. The van der Waals surface area contributed by atoms with Gasteiger partial charge in [-0.25, -0.2) is 0 Å². The number of carbonyl (C=O) groups is 1. The summed E-state index contributed by atoms with van der Waals surface area (Å²) in [6.45, 7) is 4.96. The van der Waals surface area contributed by atoms with E-state index in [0.717, 1.165) is 5.56 Å². The zero-order chi connectivity index (χ0) is 14.6. The zero-order valence-corrected chi connectivity index (χ0v) is 11.8. The maximum Gasteiger partial charge on any atom is 0.244 e. The van der Waals surface area contributed by atoms with Crippen LogP contribution in [0.4, 0.5) is 5.69 Å². The number of nitrogens with one attached hydrogen (secondary N) is 1. The van der Waals surface area contributed by atoms with Crippen LogP contribution in [0.15, 0.2) is 12.1 Å². The molecule has 0 aliphatic heterocycles. The number of hydrogen-bond acceptors (Lipinski definition) is 4. The van der Waals surface area contributed by atoms with E-state index in [4.69, 9.17) is 14.7 Å². The molecule has 1 rings (SSSR count). The first-order chi connectivity index (χ1) is 8.87. The lowest BCUT2D eigenvalue weighted by Crippen LogP contribution is -2.29. The Morgan fingerprint density at radius 1 is 1.32 bits per heavy atom. The van der Waals surface area contributed by atoms with Crippen LogP contribution in [0, 0.1) is 23.7 Å². The van der Waals surface area contributed by atoms with Crippen LogP contribution >= 0.6 is 0 Å². The number of methoxy groups -OCH3 is 2. The number of ether oxygens (including phenoxy) is 2. The summed E-state index contributed by atoms with van der Waals surface area (Å²) in [5.41, 5.74) is 0.213. The number of hydrogen-bond donors (Lipinski definition) is 1. The van der Waals surface area contributed by atoms with Crippen molar-refractivity contribution < 1.29 is 14.3 Å². The van der Waals surface area contributed by atoms with Crippen molar-refractivity contribution in [2.45, 2.75) is 20.8 Å². The van der Waals surface area contributed by atoms with E-state index in [-0.39, 0.29) is 5.91 Å². The lowest BCUT2D eigenvalue weighted by atomic mass is 9.94. The van der Waals surface area contributed by atoms with Crippen LogP contribution in [-0.4, -0.2) is 20.1 Å². The Hall–Kier alpha value is -2.22. The minimum Gasteiger partial charge on any atom is -0.496 e. The average molecular weight is 262 g/mol. The molecule has 0 aliphatic carbocycles. The molecule has 1 N–H and O–H groups in total. The molecule has 0 atom stereocenters. The molecule has 0 heterocycles. The Balaban J connectivity index is 3.13. The summed E-state index contributed by atoms with van der Waals surface area (Å²) >= 11 is 0. The monoisotopic (exact) mass is 262 g/mol. The van der Waals surface area contributed by atoms with E-state index in [9.17, 15) is 4.79 Å². The number of carbonyl (C=O) groups excluding carboxylic acids is 1. The lowest BCUT2D eigenvalue weighted by molar-refractivity contribution is -0.121. The maximum absolute atomic E-state index is 12.0. The van der Waals surface area contributed by atoms with E-state index in [1.807, 2.05) is 13.0 Å². The molecule has 1 aromatic rings. The highest BCUT2D eigenvalue weighted by Crippen LogP contribution is 2.35. The Bertz CT molecular complexity index is 530. The van der Waals surface area contributed by atoms with Crippen molar-refractivity contribution >= 4 is 11.6 Å². The smallest absolute Gasteiger partial charge is 0.244 e. The van der Waals surface area contributed by atoms with Crippen LogP contribution < -0.4 is 14.8 Å². The average Bonchev–Trinajstić information content (AvgIpc) is 2.39. The third kappa shape index (κ3) is 2.97. The molecule has 1 amide bonds. The second kappa shape index (κ2) is 5.61. The molecule has 0 spiro atoms. The van der Waals surface area contributed by atoms with E-state index in [2.05, 4.69) is 5.32 Å². The summed E-state index contributed by atoms with van der Waals surface area (Å²) in [6, 6.07) is 5.39. The van der Waals surface area contributed by atoms with Gasteiger partial charge in [-0.2, -0.15) is 5.26 Å². The van der Waals surface area contributed by atoms with E-state index in [0.29, 0.717) is 17.2 Å². The van der Waals surface area contributed by atoms with Crippen LogP contribution in [0.3, 0.4) is 0 Å². The highest BCUT2D eigenvalue weighted by atomic mass is 16.5. The molecule has 0 saturated carbocycles. The second-order valence-corrected chi connectivity index (χ2v) is 4.66. The number of amides is 1. The zero-order valence-electron chi connectivity index (χ0n) is 11.8. The highest BCUT2D eigenvalue weighted by molar-refractivity contribution is 5.98. The predicted molar refractivity (Wildman–Crippen MR) is 72.3 cm³/mol. The number of nitriles is 1. The maximum atomic E-state index is 12.0. The van der Waals surface area contributed by atoms with E-state index < -0.39 is 5.41 Å². The molecule has 0 radical (unpaired) electrons. The van der Waals surface area contributed by atoms with Crippen molar-refractivity contribution in [2.24, 2.45) is 5.41 Å². The molecule has 0 fully saturated rings. The van der Waals surface area contributed by atoms with Gasteiger partial charge in [0.15, 0.2) is 0 Å². The molecule has 0 bridgehead atoms. The van der Waals surface area contributed by atoms with E-state index in [1.165, 1.54) is 7.11 Å². The van der Waals surface area contributed by atoms with Gasteiger partial charge in [-0.15, -0.1) is 0 Å². The fourth-order valence-electron chi connectivity index (χ4n) is 1.59. The van der Waals surface area contributed by atoms with Crippen molar-refractivity contribution in [3.8, 4) is 17.6 Å². The fourth-order valence-corrected chi connectivity index (χ4v) is 1.59. The molecule has 1 aromatic carbocycles. The van der Waals surface area contributed by atoms with E-state index in [1.54, 1.807) is 33.1 Å². The molecule has 0 aliphatic rings. The number of rotatable bonds is 4. The SMILES string of the molecule is COc1ccc(NC(=O)C(C)(C)C#N)c(OC)c1C. The Labute approximate surface area is 113 Å². The summed E-state index contributed by atoms with van der Waals surface area (Å²) in [7, 11) is 3.09. The molecule has 0 saturated heterocycles. The van der Waals surface area contributed by atoms with Crippen molar-refractivity contribution in [3.05, 3.63) is 17.7 Å². The topological polar surface area (TPSA) is 71.3 Å². The van der Waals surface area contributed by atoms with Gasteiger partial charge in [0.05, 0.1) is 26.0 Å². The normalized spacial score (nSPS) is 10.5. The Morgan fingerprint density at radius 2 is 1.95 bits per heavy atom. The van der Waals surface area contributed by atoms with Gasteiger partial charge >= 0.3 is 0 Å². The first-order valence-corrected chi connectivity index (χ1v) is 5.81. The molecule has 0 unspecified atom stereocenters. The fraction of sp³-hybridized carbons (Fsp3) is 0.429. The number of anilines is 1. The summed E-state index contributed by atoms with van der Waals surface area (Å²) in [5.74, 6) is 0.827. The van der Waals surface area contributed by atoms with Gasteiger partial charge in [0.1, 0.15) is 16.9 Å². The van der Waals surface area contributed by atoms with E-state index >= 15 is 0 Å². The van der Waals surface area contributed by atoms with Crippen molar-refractivity contribution in [1.82, 2.24) is 0 Å². The van der Waals surface area contributed by atoms with Gasteiger partial charge < -0.3 is 14.8 Å². The highest BCUT2D eigenvalue weighted by Gasteiger charge is 2.28. The van der Waals surface area contributed by atoms with Crippen LogP contribution in [0.1, 0.15) is 19.4 Å². The lowest BCUT2D eigenvalue weighted by Gasteiger charge is -2.18. The summed E-state index contributed by atoms with van der Waals surface area (Å²) in [5, 5.41) is 11.6. The molecule has 19 heavy (non-hydrogen) atoms. The molecular weight excluding hydrogens is 244 g/mol. The van der Waals surface area contributed by atoms with Crippen LogP contribution in [0.25, 0.3) is 0 Å². The summed E-state index contributed by atoms with van der Waals surface area (Å²) in [4.78, 5) is 12.0.